The molecule has 4 nitrogen and oxygen atoms in total. The van der Waals surface area contributed by atoms with Gasteiger partial charge in [0, 0.05) is 20.0 Å². The molecule has 148 valence electrons. The lowest BCUT2D eigenvalue weighted by Gasteiger charge is -2.17. The summed E-state index contributed by atoms with van der Waals surface area (Å²) in [7, 11) is 0. The Bertz CT molecular complexity index is 1190. The number of rotatable bonds is 2. The Morgan fingerprint density at radius 2 is 2.14 bits per heavy atom. The molecule has 2 N–H and O–H groups in total. The maximum atomic E-state index is 12.7. The molecule has 1 aliphatic rings. The van der Waals surface area contributed by atoms with Crippen LogP contribution in [-0.2, 0) is 12.8 Å². The molecule has 0 saturated carbocycles. The molecule has 29 heavy (non-hydrogen) atoms. The normalized spacial score (nSPS) is 15.6. The van der Waals surface area contributed by atoms with E-state index in [4.69, 9.17) is 35.4 Å². The average molecular weight is 480 g/mol. The van der Waals surface area contributed by atoms with Gasteiger partial charge in [-0.25, -0.2) is 0 Å². The van der Waals surface area contributed by atoms with Crippen LogP contribution in [0.1, 0.15) is 39.0 Å². The van der Waals surface area contributed by atoms with Crippen LogP contribution in [0.2, 0.25) is 10.0 Å². The second kappa shape index (κ2) is 8.21. The molecule has 0 radical (unpaired) electrons. The Labute approximate surface area is 191 Å². The fourth-order valence-electron chi connectivity index (χ4n) is 3.44. The van der Waals surface area contributed by atoms with Crippen molar-refractivity contribution in [2.24, 2.45) is 5.92 Å². The first kappa shape index (κ1) is 20.6. The van der Waals surface area contributed by atoms with Gasteiger partial charge in [-0.2, -0.15) is 5.26 Å². The number of fused-ring (bicyclic) bond motifs is 2. The van der Waals surface area contributed by atoms with Crippen LogP contribution in [0.4, 0.5) is 5.00 Å². The second-order valence-electron chi connectivity index (χ2n) is 6.96. The molecular formula is C20H15Cl2N3OS3. The molecule has 0 saturated heterocycles. The van der Waals surface area contributed by atoms with Crippen molar-refractivity contribution in [1.82, 2.24) is 5.32 Å². The summed E-state index contributed by atoms with van der Waals surface area (Å²) in [4.78, 5) is 14.3. The van der Waals surface area contributed by atoms with E-state index in [2.05, 4.69) is 23.6 Å². The van der Waals surface area contributed by atoms with Gasteiger partial charge < -0.3 is 5.32 Å². The lowest BCUT2D eigenvalue weighted by molar-refractivity contribution is 0.0982. The number of thiocarbonyl (C=S) groups is 1. The standard InChI is InChI=1S/C20H15Cl2N3OS3/c1-9-2-4-11-13(8-23)19(29-14(11)6-9)25-20(27)24-18(26)17-16(22)12-5-3-10(21)7-15(12)28-17/h3,5,7,9H,2,4,6H2,1H3,(H2,24,25,26,27)/t9-/m1/s1. The number of carbonyl (C=O) groups excluding carboxylic acids is 1. The smallest absolute Gasteiger partial charge is 0.269 e. The third kappa shape index (κ3) is 4.00. The number of thiophene rings is 2. The van der Waals surface area contributed by atoms with Crippen molar-refractivity contribution < 1.29 is 4.79 Å². The van der Waals surface area contributed by atoms with Crippen molar-refractivity contribution in [2.45, 2.75) is 26.2 Å². The van der Waals surface area contributed by atoms with Crippen molar-refractivity contribution in [3.63, 3.8) is 0 Å². The molecule has 0 spiro atoms. The van der Waals surface area contributed by atoms with Gasteiger partial charge in [0.1, 0.15) is 15.9 Å². The van der Waals surface area contributed by atoms with Gasteiger partial charge in [-0.05, 0) is 55.1 Å². The number of hydrogen-bond acceptors (Lipinski definition) is 5. The van der Waals surface area contributed by atoms with E-state index in [1.54, 1.807) is 18.2 Å². The number of anilines is 1. The zero-order chi connectivity index (χ0) is 20.7. The van der Waals surface area contributed by atoms with Gasteiger partial charge in [-0.15, -0.1) is 22.7 Å². The molecule has 1 amide bonds. The number of benzene rings is 1. The van der Waals surface area contributed by atoms with Gasteiger partial charge in [-0.1, -0.05) is 36.2 Å². The Morgan fingerprint density at radius 3 is 2.90 bits per heavy atom. The highest BCUT2D eigenvalue weighted by Crippen LogP contribution is 2.39. The molecular weight excluding hydrogens is 465 g/mol. The van der Waals surface area contributed by atoms with Crippen molar-refractivity contribution in [2.75, 3.05) is 5.32 Å². The van der Waals surface area contributed by atoms with Gasteiger partial charge in [-0.3, -0.25) is 10.1 Å². The molecule has 9 heteroatoms. The summed E-state index contributed by atoms with van der Waals surface area (Å²) in [5, 5.41) is 17.9. The third-order valence-corrected chi connectivity index (χ3v) is 8.14. The topological polar surface area (TPSA) is 64.9 Å². The Balaban J connectivity index is 1.53. The van der Waals surface area contributed by atoms with Gasteiger partial charge in [0.15, 0.2) is 5.11 Å². The lowest BCUT2D eigenvalue weighted by atomic mass is 9.89. The maximum Gasteiger partial charge on any atom is 0.269 e. The van der Waals surface area contributed by atoms with E-state index >= 15 is 0 Å². The summed E-state index contributed by atoms with van der Waals surface area (Å²) < 4.78 is 0.832. The van der Waals surface area contributed by atoms with Crippen LogP contribution < -0.4 is 10.6 Å². The Kier molecular flexibility index (Phi) is 5.83. The minimum Gasteiger partial charge on any atom is -0.323 e. The number of amides is 1. The Hall–Kier alpha value is -1.69. The summed E-state index contributed by atoms with van der Waals surface area (Å²) in [6, 6.07) is 7.59. The molecule has 1 atom stereocenters. The number of hydrogen-bond donors (Lipinski definition) is 2. The van der Waals surface area contributed by atoms with Crippen LogP contribution in [-0.4, -0.2) is 11.0 Å². The first-order valence-electron chi connectivity index (χ1n) is 8.92. The van der Waals surface area contributed by atoms with E-state index < -0.39 is 5.91 Å². The summed E-state index contributed by atoms with van der Waals surface area (Å²) >= 11 is 20.5. The van der Waals surface area contributed by atoms with E-state index in [0.29, 0.717) is 31.4 Å². The average Bonchev–Trinajstić information content (AvgIpc) is 3.17. The van der Waals surface area contributed by atoms with Crippen LogP contribution in [0.25, 0.3) is 10.1 Å². The zero-order valence-electron chi connectivity index (χ0n) is 15.3. The minimum atomic E-state index is -0.390. The van der Waals surface area contributed by atoms with Gasteiger partial charge in [0.2, 0.25) is 0 Å². The fourth-order valence-corrected chi connectivity index (χ4v) is 6.75. The quantitative estimate of drug-likeness (QED) is 0.417. The molecule has 0 bridgehead atoms. The molecule has 2 heterocycles. The maximum absolute atomic E-state index is 12.7. The summed E-state index contributed by atoms with van der Waals surface area (Å²) in [5.41, 5.74) is 1.74. The first-order valence-corrected chi connectivity index (χ1v) is 11.7. The van der Waals surface area contributed by atoms with Crippen LogP contribution in [0.5, 0.6) is 0 Å². The fraction of sp³-hybridized carbons (Fsp3) is 0.250. The van der Waals surface area contributed by atoms with E-state index in [9.17, 15) is 10.1 Å². The second-order valence-corrected chi connectivity index (χ2v) is 10.3. The largest absolute Gasteiger partial charge is 0.323 e. The van der Waals surface area contributed by atoms with E-state index in [0.717, 1.165) is 34.9 Å². The highest BCUT2D eigenvalue weighted by atomic mass is 35.5. The number of nitrogens with one attached hydrogen (secondary N) is 2. The minimum absolute atomic E-state index is 0.143. The summed E-state index contributed by atoms with van der Waals surface area (Å²) in [5.74, 6) is 0.217. The predicted octanol–water partition coefficient (Wildman–Crippen LogP) is 6.39. The summed E-state index contributed by atoms with van der Waals surface area (Å²) in [6.45, 7) is 2.22. The third-order valence-electron chi connectivity index (χ3n) is 4.88. The molecule has 2 aromatic heterocycles. The van der Waals surface area contributed by atoms with E-state index in [-0.39, 0.29) is 5.11 Å². The van der Waals surface area contributed by atoms with Crippen LogP contribution in [0, 0.1) is 17.2 Å². The molecule has 0 fully saturated rings. The molecule has 1 aromatic carbocycles. The summed E-state index contributed by atoms with van der Waals surface area (Å²) in [6.07, 6.45) is 2.94. The molecule has 4 rings (SSSR count). The molecule has 1 aliphatic carbocycles. The van der Waals surface area contributed by atoms with Crippen LogP contribution in [0.3, 0.4) is 0 Å². The highest BCUT2D eigenvalue weighted by Gasteiger charge is 2.25. The van der Waals surface area contributed by atoms with Crippen molar-refractivity contribution in [3.05, 3.63) is 49.1 Å². The Morgan fingerprint density at radius 1 is 1.34 bits per heavy atom. The van der Waals surface area contributed by atoms with Crippen molar-refractivity contribution in [1.29, 1.82) is 5.26 Å². The van der Waals surface area contributed by atoms with Crippen molar-refractivity contribution in [3.8, 4) is 6.07 Å². The van der Waals surface area contributed by atoms with E-state index in [1.165, 1.54) is 27.6 Å². The van der Waals surface area contributed by atoms with E-state index in [1.807, 2.05) is 0 Å². The highest BCUT2D eigenvalue weighted by molar-refractivity contribution is 7.80. The molecule has 0 aliphatic heterocycles. The van der Waals surface area contributed by atoms with Gasteiger partial charge in [0.25, 0.3) is 5.91 Å². The van der Waals surface area contributed by atoms with Gasteiger partial charge >= 0.3 is 0 Å². The lowest BCUT2D eigenvalue weighted by Crippen LogP contribution is -2.33. The van der Waals surface area contributed by atoms with Crippen LogP contribution >= 0.6 is 58.1 Å². The number of halogens is 2. The van der Waals surface area contributed by atoms with Gasteiger partial charge in [0.05, 0.1) is 10.6 Å². The SMILES string of the molecule is C[C@@H]1CCc2c(sc(NC(=S)NC(=O)c3sc4cc(Cl)ccc4c3Cl)c2C#N)C1. The number of nitriles is 1. The number of carbonyl (C=O) groups is 1. The molecule has 0 unspecified atom stereocenters. The predicted molar refractivity (Wildman–Crippen MR) is 126 cm³/mol. The van der Waals surface area contributed by atoms with Crippen molar-refractivity contribution >= 4 is 84.2 Å². The monoisotopic (exact) mass is 479 g/mol. The number of nitrogens with zero attached hydrogens (tertiary/aromatic N) is 1. The molecule has 3 aromatic rings. The van der Waals surface area contributed by atoms with Crippen LogP contribution in [0.15, 0.2) is 18.2 Å². The zero-order valence-corrected chi connectivity index (χ0v) is 19.2. The first-order chi connectivity index (χ1) is 13.9.